The second-order valence-electron chi connectivity index (χ2n) is 2.81. The van der Waals surface area contributed by atoms with Gasteiger partial charge in [-0.05, 0) is 0 Å². The SMILES string of the molecule is NNc1cc(C(F)(F)F)c(C(F)(F)F)c[nH+]1.[Cl-]. The van der Waals surface area contributed by atoms with Crippen LogP contribution in [0.5, 0.6) is 0 Å². The number of pyridine rings is 1. The molecule has 3 nitrogen and oxygen atoms in total. The molecule has 0 spiro atoms. The highest BCUT2D eigenvalue weighted by molar-refractivity contribution is 5.37. The summed E-state index contributed by atoms with van der Waals surface area (Å²) in [4.78, 5) is 1.95. The summed E-state index contributed by atoms with van der Waals surface area (Å²) in [5.74, 6) is 4.42. The van der Waals surface area contributed by atoms with E-state index in [1.54, 1.807) is 5.43 Å². The standard InChI is InChI=1S/C7H5F6N3.ClH/c8-6(9,10)3-1-5(16-14)15-2-4(3)7(11,12)13;/h1-2H,14H2,(H,15,16);1H. The molecule has 0 bridgehead atoms. The summed E-state index contributed by atoms with van der Waals surface area (Å²) in [7, 11) is 0. The maximum absolute atomic E-state index is 12.3. The van der Waals surface area contributed by atoms with Gasteiger partial charge in [0.25, 0.3) is 5.82 Å². The molecular weight excluding hydrogens is 276 g/mol. The van der Waals surface area contributed by atoms with Crippen LogP contribution >= 0.6 is 0 Å². The molecule has 0 saturated heterocycles. The van der Waals surface area contributed by atoms with Gasteiger partial charge < -0.3 is 12.4 Å². The first-order chi connectivity index (χ1) is 7.16. The number of aromatic nitrogens is 1. The Balaban J connectivity index is 0.00000256. The van der Waals surface area contributed by atoms with E-state index in [1.165, 1.54) is 0 Å². The van der Waals surface area contributed by atoms with Crippen LogP contribution in [-0.4, -0.2) is 0 Å². The second-order valence-corrected chi connectivity index (χ2v) is 2.81. The average Bonchev–Trinajstić information content (AvgIpc) is 2.14. The number of H-pyrrole nitrogens is 1. The molecule has 0 aliphatic carbocycles. The van der Waals surface area contributed by atoms with E-state index in [9.17, 15) is 26.3 Å². The number of alkyl halides is 6. The molecule has 10 heteroatoms. The van der Waals surface area contributed by atoms with Gasteiger partial charge in [-0.3, -0.25) is 0 Å². The van der Waals surface area contributed by atoms with Crippen molar-refractivity contribution in [2.45, 2.75) is 12.4 Å². The largest absolute Gasteiger partial charge is 1.00 e. The fourth-order valence-electron chi connectivity index (χ4n) is 1.04. The van der Waals surface area contributed by atoms with Crippen LogP contribution in [-0.2, 0) is 12.4 Å². The average molecular weight is 282 g/mol. The summed E-state index contributed by atoms with van der Waals surface area (Å²) in [6.07, 6.45) is -9.99. The summed E-state index contributed by atoms with van der Waals surface area (Å²) in [5, 5.41) is 0. The van der Waals surface area contributed by atoms with E-state index >= 15 is 0 Å². The Hall–Kier alpha value is -1.22. The van der Waals surface area contributed by atoms with Crippen LogP contribution in [0.4, 0.5) is 32.2 Å². The number of hydrogen-bond donors (Lipinski definition) is 2. The number of rotatable bonds is 1. The number of aromatic amines is 1. The third kappa shape index (κ3) is 3.63. The quantitative estimate of drug-likeness (QED) is 0.387. The molecule has 0 amide bonds. The number of nitrogen functional groups attached to an aromatic ring is 1. The van der Waals surface area contributed by atoms with Crippen molar-refractivity contribution >= 4 is 5.82 Å². The Morgan fingerprint density at radius 1 is 1.00 bits per heavy atom. The van der Waals surface area contributed by atoms with Crippen LogP contribution in [0.15, 0.2) is 12.3 Å². The number of halogens is 7. The lowest BCUT2D eigenvalue weighted by atomic mass is 10.1. The van der Waals surface area contributed by atoms with E-state index in [0.717, 1.165) is 0 Å². The predicted octanol–water partition coefficient (Wildman–Crippen LogP) is -1.17. The Morgan fingerprint density at radius 3 is 1.82 bits per heavy atom. The van der Waals surface area contributed by atoms with Crippen LogP contribution in [0.2, 0.25) is 0 Å². The lowest BCUT2D eigenvalue weighted by Crippen LogP contribution is -3.00. The number of nitrogens with one attached hydrogen (secondary N) is 2. The molecule has 98 valence electrons. The Morgan fingerprint density at radius 2 is 1.47 bits per heavy atom. The predicted molar refractivity (Wildman–Crippen MR) is 40.8 cm³/mol. The number of anilines is 1. The number of hydrazine groups is 1. The van der Waals surface area contributed by atoms with E-state index in [2.05, 4.69) is 0 Å². The smallest absolute Gasteiger partial charge is 0.420 e. The molecule has 17 heavy (non-hydrogen) atoms. The van der Waals surface area contributed by atoms with E-state index in [0.29, 0.717) is 0 Å². The summed E-state index contributed by atoms with van der Waals surface area (Å²) < 4.78 is 73.7. The zero-order chi connectivity index (χ0) is 12.6. The van der Waals surface area contributed by atoms with Crippen molar-refractivity contribution in [1.29, 1.82) is 0 Å². The highest BCUT2D eigenvalue weighted by Crippen LogP contribution is 2.39. The fourth-order valence-corrected chi connectivity index (χ4v) is 1.04. The Labute approximate surface area is 97.4 Å². The third-order valence-electron chi connectivity index (χ3n) is 1.72. The summed E-state index contributed by atoms with van der Waals surface area (Å²) in [6.45, 7) is 0. The number of nitrogens with two attached hydrogens (primary N) is 1. The van der Waals surface area contributed by atoms with Crippen molar-refractivity contribution in [3.63, 3.8) is 0 Å². The highest BCUT2D eigenvalue weighted by atomic mass is 35.5. The topological polar surface area (TPSA) is 52.2 Å². The van der Waals surface area contributed by atoms with Gasteiger partial charge in [-0.1, -0.05) is 0 Å². The molecule has 0 radical (unpaired) electrons. The minimum atomic E-state index is -5.11. The van der Waals surface area contributed by atoms with Crippen molar-refractivity contribution in [3.8, 4) is 0 Å². The van der Waals surface area contributed by atoms with E-state index in [1.807, 2.05) is 4.98 Å². The van der Waals surface area contributed by atoms with Crippen LogP contribution in [0, 0.1) is 0 Å². The first-order valence-corrected chi connectivity index (χ1v) is 3.83. The van der Waals surface area contributed by atoms with Gasteiger partial charge in [0, 0.05) is 6.07 Å². The van der Waals surface area contributed by atoms with Crippen LogP contribution in [0.3, 0.4) is 0 Å². The zero-order valence-corrected chi connectivity index (χ0v) is 8.63. The van der Waals surface area contributed by atoms with Crippen LogP contribution in [0.25, 0.3) is 0 Å². The molecule has 0 aliphatic heterocycles. The first-order valence-electron chi connectivity index (χ1n) is 3.83. The molecule has 0 fully saturated rings. The van der Waals surface area contributed by atoms with Gasteiger partial charge >= 0.3 is 12.4 Å². The first kappa shape index (κ1) is 15.8. The highest BCUT2D eigenvalue weighted by Gasteiger charge is 2.44. The lowest BCUT2D eigenvalue weighted by Gasteiger charge is -2.13. The molecule has 0 aromatic carbocycles. The zero-order valence-electron chi connectivity index (χ0n) is 7.88. The van der Waals surface area contributed by atoms with Gasteiger partial charge in [0.1, 0.15) is 11.8 Å². The minimum absolute atomic E-state index is 0. The molecule has 1 rings (SSSR count). The van der Waals surface area contributed by atoms with Crippen molar-refractivity contribution in [3.05, 3.63) is 23.4 Å². The van der Waals surface area contributed by atoms with Crippen LogP contribution < -0.4 is 28.7 Å². The van der Waals surface area contributed by atoms with E-state index in [4.69, 9.17) is 5.84 Å². The minimum Gasteiger partial charge on any atom is -1.00 e. The maximum Gasteiger partial charge on any atom is 0.420 e. The van der Waals surface area contributed by atoms with Crippen LogP contribution in [0.1, 0.15) is 11.1 Å². The van der Waals surface area contributed by atoms with E-state index in [-0.39, 0.29) is 30.5 Å². The van der Waals surface area contributed by atoms with Crippen molar-refractivity contribution in [2.75, 3.05) is 5.43 Å². The van der Waals surface area contributed by atoms with E-state index < -0.39 is 23.5 Å². The molecule has 0 aliphatic rings. The molecule has 0 unspecified atom stereocenters. The maximum atomic E-state index is 12.3. The third-order valence-corrected chi connectivity index (χ3v) is 1.72. The van der Waals surface area contributed by atoms with Gasteiger partial charge in [0.2, 0.25) is 0 Å². The molecular formula is C7H6ClF6N3. The Kier molecular flexibility index (Phi) is 4.61. The monoisotopic (exact) mass is 281 g/mol. The summed E-state index contributed by atoms with van der Waals surface area (Å²) >= 11 is 0. The fraction of sp³-hybridized carbons (Fsp3) is 0.286. The van der Waals surface area contributed by atoms with Crippen molar-refractivity contribution < 1.29 is 43.7 Å². The molecule has 4 N–H and O–H groups in total. The van der Waals surface area contributed by atoms with Gasteiger partial charge in [0.15, 0.2) is 0 Å². The van der Waals surface area contributed by atoms with Gasteiger partial charge in [-0.25, -0.2) is 4.98 Å². The van der Waals surface area contributed by atoms with Crippen molar-refractivity contribution in [1.82, 2.24) is 0 Å². The van der Waals surface area contributed by atoms with Crippen molar-refractivity contribution in [2.24, 2.45) is 5.84 Å². The summed E-state index contributed by atoms with van der Waals surface area (Å²) in [6, 6.07) is 0.253. The molecule has 1 heterocycles. The normalized spacial score (nSPS) is 11.9. The summed E-state index contributed by atoms with van der Waals surface area (Å²) in [5.41, 5.74) is -1.80. The molecule has 1 aromatic heterocycles. The lowest BCUT2D eigenvalue weighted by molar-refractivity contribution is -0.365. The van der Waals surface area contributed by atoms with Gasteiger partial charge in [-0.15, -0.1) is 0 Å². The molecule has 1 aromatic rings. The molecule has 0 atom stereocenters. The Bertz CT molecular complexity index is 388. The molecule has 0 saturated carbocycles. The number of hydrogen-bond acceptors (Lipinski definition) is 2. The van der Waals surface area contributed by atoms with Gasteiger partial charge in [0.05, 0.1) is 5.56 Å². The van der Waals surface area contributed by atoms with Gasteiger partial charge in [-0.2, -0.15) is 37.6 Å². The second kappa shape index (κ2) is 4.96.